The monoisotopic (exact) mass is 196 g/mol. The zero-order chi connectivity index (χ0) is 8.91. The lowest BCUT2D eigenvalue weighted by Crippen LogP contribution is -2.14. The van der Waals surface area contributed by atoms with Crippen LogP contribution in [0, 0.1) is 0 Å². The van der Waals surface area contributed by atoms with Gasteiger partial charge in [0.05, 0.1) is 0 Å². The second-order valence-electron chi connectivity index (χ2n) is 2.32. The summed E-state index contributed by atoms with van der Waals surface area (Å²) in [5.74, 6) is 0. The number of hydrogen-bond acceptors (Lipinski definition) is 2. The van der Waals surface area contributed by atoms with Crippen LogP contribution in [0.1, 0.15) is 20.3 Å². The maximum atomic E-state index is 11.7. The average molecular weight is 196 g/mol. The first-order valence-corrected chi connectivity index (χ1v) is 6.93. The topological polar surface area (TPSA) is 41.1 Å². The second kappa shape index (κ2) is 5.20. The summed E-state index contributed by atoms with van der Waals surface area (Å²) in [6.07, 6.45) is 1.04. The second-order valence-corrected chi connectivity index (χ2v) is 7.51. The molecule has 3 nitrogen and oxygen atoms in total. The van der Waals surface area contributed by atoms with Gasteiger partial charge in [-0.15, -0.1) is 0 Å². The minimum Gasteiger partial charge on any atom is -0.277 e. The van der Waals surface area contributed by atoms with E-state index in [2.05, 4.69) is 24.0 Å². The van der Waals surface area contributed by atoms with Gasteiger partial charge in [0.25, 0.3) is 6.65 Å². The van der Waals surface area contributed by atoms with Gasteiger partial charge >= 0.3 is 0 Å². The molecule has 0 saturated heterocycles. The molecule has 0 heterocycles. The molecule has 68 valence electrons. The Morgan fingerprint density at radius 3 is 2.18 bits per heavy atom. The standard InChI is InChI=1S/C6H17N2OPS/c1-5-6(2)11-10(9,7-3)8-4/h6H,5H2,1-4H3,(H2,7,8,9). The molecule has 0 bridgehead atoms. The van der Waals surface area contributed by atoms with E-state index in [-0.39, 0.29) is 0 Å². The maximum absolute atomic E-state index is 11.7. The lowest BCUT2D eigenvalue weighted by atomic mass is 10.4. The Bertz CT molecular complexity index is 146. The van der Waals surface area contributed by atoms with E-state index in [0.29, 0.717) is 5.25 Å². The molecular weight excluding hydrogens is 179 g/mol. The predicted octanol–water partition coefficient (Wildman–Crippen LogP) is 2.06. The molecule has 0 spiro atoms. The van der Waals surface area contributed by atoms with Gasteiger partial charge in [-0.25, -0.2) is 10.2 Å². The van der Waals surface area contributed by atoms with Crippen molar-refractivity contribution < 1.29 is 4.57 Å². The van der Waals surface area contributed by atoms with Crippen LogP contribution in [0.5, 0.6) is 0 Å². The fourth-order valence-corrected chi connectivity index (χ4v) is 4.24. The van der Waals surface area contributed by atoms with Crippen LogP contribution in [0.4, 0.5) is 0 Å². The minimum absolute atomic E-state index is 0.431. The van der Waals surface area contributed by atoms with Crippen molar-refractivity contribution in [2.45, 2.75) is 25.5 Å². The van der Waals surface area contributed by atoms with E-state index in [0.717, 1.165) is 6.42 Å². The quantitative estimate of drug-likeness (QED) is 0.660. The highest BCUT2D eigenvalue weighted by atomic mass is 32.7. The van der Waals surface area contributed by atoms with Gasteiger partial charge in [-0.05, 0) is 20.5 Å². The molecule has 2 N–H and O–H groups in total. The summed E-state index contributed by atoms with van der Waals surface area (Å²) in [4.78, 5) is 0. The van der Waals surface area contributed by atoms with Gasteiger partial charge in [-0.3, -0.25) is 4.57 Å². The molecule has 1 atom stereocenters. The van der Waals surface area contributed by atoms with Crippen LogP contribution < -0.4 is 10.2 Å². The fourth-order valence-electron chi connectivity index (χ4n) is 0.545. The summed E-state index contributed by atoms with van der Waals surface area (Å²) in [5.41, 5.74) is 0. The van der Waals surface area contributed by atoms with Gasteiger partial charge < -0.3 is 0 Å². The lowest BCUT2D eigenvalue weighted by Gasteiger charge is -2.18. The molecule has 0 aliphatic rings. The van der Waals surface area contributed by atoms with Crippen LogP contribution in [0.25, 0.3) is 0 Å². The van der Waals surface area contributed by atoms with Crippen LogP contribution in [0.2, 0.25) is 0 Å². The Morgan fingerprint density at radius 1 is 1.45 bits per heavy atom. The molecule has 5 heteroatoms. The first-order chi connectivity index (χ1) is 5.08. The minimum atomic E-state index is -2.34. The third-order valence-electron chi connectivity index (χ3n) is 1.49. The van der Waals surface area contributed by atoms with Crippen molar-refractivity contribution in [1.82, 2.24) is 10.2 Å². The molecule has 0 aromatic rings. The summed E-state index contributed by atoms with van der Waals surface area (Å²) < 4.78 is 11.7. The first kappa shape index (κ1) is 11.5. The molecule has 0 aliphatic carbocycles. The Morgan fingerprint density at radius 2 is 1.91 bits per heavy atom. The summed E-state index contributed by atoms with van der Waals surface area (Å²) >= 11 is 1.48. The van der Waals surface area contributed by atoms with E-state index in [1.54, 1.807) is 14.1 Å². The van der Waals surface area contributed by atoms with E-state index in [9.17, 15) is 4.57 Å². The zero-order valence-corrected chi connectivity index (χ0v) is 9.26. The highest BCUT2D eigenvalue weighted by Gasteiger charge is 2.19. The normalized spacial score (nSPS) is 14.9. The van der Waals surface area contributed by atoms with E-state index in [1.165, 1.54) is 11.4 Å². The van der Waals surface area contributed by atoms with Gasteiger partial charge in [0, 0.05) is 5.25 Å². The third-order valence-corrected chi connectivity index (χ3v) is 6.73. The highest BCUT2D eigenvalue weighted by molar-refractivity contribution is 8.57. The van der Waals surface area contributed by atoms with Gasteiger partial charge in [0.1, 0.15) is 0 Å². The summed E-state index contributed by atoms with van der Waals surface area (Å²) in [5, 5.41) is 6.03. The Labute approximate surface area is 72.9 Å². The van der Waals surface area contributed by atoms with Crippen LogP contribution in [-0.4, -0.2) is 19.3 Å². The first-order valence-electron chi connectivity index (χ1n) is 3.74. The zero-order valence-electron chi connectivity index (χ0n) is 7.55. The van der Waals surface area contributed by atoms with E-state index < -0.39 is 6.65 Å². The van der Waals surface area contributed by atoms with Crippen molar-refractivity contribution in [3.05, 3.63) is 0 Å². The van der Waals surface area contributed by atoms with Crippen molar-refractivity contribution >= 4 is 18.0 Å². The number of nitrogens with one attached hydrogen (secondary N) is 2. The van der Waals surface area contributed by atoms with Crippen LogP contribution >= 0.6 is 18.0 Å². The van der Waals surface area contributed by atoms with E-state index in [1.807, 2.05) is 0 Å². The molecule has 0 fully saturated rings. The molecule has 0 aliphatic heterocycles. The summed E-state index contributed by atoms with van der Waals surface area (Å²) in [6, 6.07) is 0. The SMILES string of the molecule is CCC(C)SP(=O)(NC)NC. The van der Waals surface area contributed by atoms with Crippen LogP contribution in [0.3, 0.4) is 0 Å². The summed E-state index contributed by atoms with van der Waals surface area (Å²) in [6.45, 7) is 1.83. The highest BCUT2D eigenvalue weighted by Crippen LogP contribution is 2.52. The smallest absolute Gasteiger partial charge is 0.266 e. The number of rotatable bonds is 5. The third kappa shape index (κ3) is 4.16. The Balaban J connectivity index is 3.97. The van der Waals surface area contributed by atoms with Gasteiger partial charge in [-0.2, -0.15) is 0 Å². The lowest BCUT2D eigenvalue weighted by molar-refractivity contribution is 0.574. The molecular formula is C6H17N2OPS. The number of hydrogen-bond donors (Lipinski definition) is 2. The van der Waals surface area contributed by atoms with Gasteiger partial charge in [-0.1, -0.05) is 25.2 Å². The van der Waals surface area contributed by atoms with Gasteiger partial charge in [0.15, 0.2) is 0 Å². The van der Waals surface area contributed by atoms with Crippen LogP contribution in [-0.2, 0) is 4.57 Å². The average Bonchev–Trinajstić information content (AvgIpc) is 2.04. The van der Waals surface area contributed by atoms with E-state index >= 15 is 0 Å². The van der Waals surface area contributed by atoms with Crippen LogP contribution in [0.15, 0.2) is 0 Å². The largest absolute Gasteiger partial charge is 0.277 e. The molecule has 0 amide bonds. The molecule has 0 aromatic heterocycles. The van der Waals surface area contributed by atoms with Crippen molar-refractivity contribution in [2.75, 3.05) is 14.1 Å². The fraction of sp³-hybridized carbons (Fsp3) is 1.00. The molecule has 0 rings (SSSR count). The summed E-state index contributed by atoms with van der Waals surface area (Å²) in [7, 11) is 3.43. The molecule has 0 radical (unpaired) electrons. The Hall–Kier alpha value is 0.500. The van der Waals surface area contributed by atoms with Crippen molar-refractivity contribution in [2.24, 2.45) is 0 Å². The molecule has 11 heavy (non-hydrogen) atoms. The van der Waals surface area contributed by atoms with Crippen molar-refractivity contribution in [3.63, 3.8) is 0 Å². The predicted molar refractivity (Wildman–Crippen MR) is 53.1 cm³/mol. The van der Waals surface area contributed by atoms with E-state index in [4.69, 9.17) is 0 Å². The molecule has 0 saturated carbocycles. The Kier molecular flexibility index (Phi) is 5.44. The molecule has 1 unspecified atom stereocenters. The molecule has 0 aromatic carbocycles. The maximum Gasteiger partial charge on any atom is 0.266 e. The van der Waals surface area contributed by atoms with Gasteiger partial charge in [0.2, 0.25) is 0 Å². The van der Waals surface area contributed by atoms with Crippen molar-refractivity contribution in [1.29, 1.82) is 0 Å². The van der Waals surface area contributed by atoms with Crippen molar-refractivity contribution in [3.8, 4) is 0 Å².